The van der Waals surface area contributed by atoms with Gasteiger partial charge in [0.05, 0.1) is 16.6 Å². The van der Waals surface area contributed by atoms with E-state index < -0.39 is 16.6 Å². The summed E-state index contributed by atoms with van der Waals surface area (Å²) in [6.07, 6.45) is 0. The van der Waals surface area contributed by atoms with E-state index in [2.05, 4.69) is 0 Å². The van der Waals surface area contributed by atoms with Crippen molar-refractivity contribution in [3.05, 3.63) is 58.9 Å². The molecule has 100 valence electrons. The summed E-state index contributed by atoms with van der Waals surface area (Å²) in [5.74, 6) is -0.244. The first-order chi connectivity index (χ1) is 8.97. The largest absolute Gasteiger partial charge is 0.399 e. The molecular weight excluding hydrogens is 261 g/mol. The molecule has 0 aromatic heterocycles. The number of aryl methyl sites for hydroxylation is 2. The lowest BCUT2D eigenvalue weighted by molar-refractivity contribution is 0.616. The molecule has 0 bridgehead atoms. The van der Waals surface area contributed by atoms with E-state index in [1.807, 2.05) is 32.0 Å². The number of benzene rings is 2. The second-order valence-electron chi connectivity index (χ2n) is 4.59. The summed E-state index contributed by atoms with van der Waals surface area (Å²) >= 11 is 0. The van der Waals surface area contributed by atoms with Crippen molar-refractivity contribution in [2.75, 3.05) is 5.73 Å². The highest BCUT2D eigenvalue weighted by Gasteiger charge is 2.10. The van der Waals surface area contributed by atoms with Crippen LogP contribution in [0.25, 0.3) is 0 Å². The van der Waals surface area contributed by atoms with E-state index in [0.29, 0.717) is 11.3 Å². The molecule has 2 aromatic carbocycles. The maximum atomic E-state index is 13.7. The average Bonchev–Trinajstić information content (AvgIpc) is 2.36. The maximum Gasteiger partial charge on any atom is 0.129 e. The van der Waals surface area contributed by atoms with E-state index in [1.54, 1.807) is 12.1 Å². The van der Waals surface area contributed by atoms with Crippen LogP contribution in [0.5, 0.6) is 0 Å². The Morgan fingerprint density at radius 1 is 1.11 bits per heavy atom. The van der Waals surface area contributed by atoms with Crippen LogP contribution < -0.4 is 5.73 Å². The van der Waals surface area contributed by atoms with Crippen LogP contribution in [0.4, 0.5) is 10.1 Å². The number of halogens is 1. The molecule has 0 saturated carbocycles. The molecule has 0 spiro atoms. The molecule has 0 heterocycles. The molecule has 19 heavy (non-hydrogen) atoms. The maximum absolute atomic E-state index is 13.7. The lowest BCUT2D eigenvalue weighted by Gasteiger charge is -2.07. The van der Waals surface area contributed by atoms with Crippen LogP contribution in [0.3, 0.4) is 0 Å². The number of hydrogen-bond donors (Lipinski definition) is 1. The lowest BCUT2D eigenvalue weighted by Crippen LogP contribution is -2.00. The summed E-state index contributed by atoms with van der Waals surface area (Å²) in [7, 11) is -1.25. The van der Waals surface area contributed by atoms with Gasteiger partial charge in [0, 0.05) is 16.1 Å². The van der Waals surface area contributed by atoms with E-state index in [9.17, 15) is 8.60 Å². The molecule has 1 atom stereocenters. The van der Waals surface area contributed by atoms with Crippen LogP contribution in [0.2, 0.25) is 0 Å². The van der Waals surface area contributed by atoms with Gasteiger partial charge >= 0.3 is 0 Å². The highest BCUT2D eigenvalue weighted by Crippen LogP contribution is 2.19. The summed E-state index contributed by atoms with van der Waals surface area (Å²) in [5, 5.41) is 0. The summed E-state index contributed by atoms with van der Waals surface area (Å²) in [6.45, 7) is 3.97. The van der Waals surface area contributed by atoms with Crippen molar-refractivity contribution in [3.8, 4) is 0 Å². The molecule has 0 radical (unpaired) electrons. The smallest absolute Gasteiger partial charge is 0.129 e. The van der Waals surface area contributed by atoms with Crippen LogP contribution in [-0.2, 0) is 16.6 Å². The topological polar surface area (TPSA) is 43.1 Å². The molecule has 2 nitrogen and oxygen atoms in total. The van der Waals surface area contributed by atoms with E-state index in [-0.39, 0.29) is 5.75 Å². The quantitative estimate of drug-likeness (QED) is 0.874. The first-order valence-corrected chi connectivity index (χ1v) is 7.29. The Hall–Kier alpha value is -1.68. The third-order valence-electron chi connectivity index (χ3n) is 3.10. The Labute approximate surface area is 114 Å². The zero-order chi connectivity index (χ0) is 14.0. The van der Waals surface area contributed by atoms with Crippen molar-refractivity contribution in [2.24, 2.45) is 0 Å². The van der Waals surface area contributed by atoms with Gasteiger partial charge in [-0.05, 0) is 49.2 Å². The fourth-order valence-electron chi connectivity index (χ4n) is 1.76. The monoisotopic (exact) mass is 277 g/mol. The Balaban J connectivity index is 2.23. The summed E-state index contributed by atoms with van der Waals surface area (Å²) in [5.41, 5.74) is 8.52. The lowest BCUT2D eigenvalue weighted by atomic mass is 10.1. The van der Waals surface area contributed by atoms with Crippen LogP contribution in [-0.4, -0.2) is 4.21 Å². The second kappa shape index (κ2) is 5.53. The first kappa shape index (κ1) is 13.7. The third kappa shape index (κ3) is 3.20. The minimum atomic E-state index is -1.25. The number of nitrogen functional groups attached to an aromatic ring is 1. The highest BCUT2D eigenvalue weighted by molar-refractivity contribution is 7.84. The minimum absolute atomic E-state index is 0.161. The van der Waals surface area contributed by atoms with Crippen molar-refractivity contribution in [2.45, 2.75) is 24.5 Å². The fraction of sp³-hybridized carbons (Fsp3) is 0.200. The Bertz CT molecular complexity index is 640. The SMILES string of the molecule is Cc1ccc(S(=O)Cc2ccc(N)cc2F)cc1C. The number of nitrogens with two attached hydrogens (primary N) is 1. The molecule has 0 aliphatic carbocycles. The van der Waals surface area contributed by atoms with Crippen molar-refractivity contribution < 1.29 is 8.60 Å². The Kier molecular flexibility index (Phi) is 4.00. The summed E-state index contributed by atoms with van der Waals surface area (Å²) in [4.78, 5) is 0.722. The summed E-state index contributed by atoms with van der Waals surface area (Å²) < 4.78 is 25.9. The van der Waals surface area contributed by atoms with E-state index in [0.717, 1.165) is 16.0 Å². The number of rotatable bonds is 3. The molecule has 0 amide bonds. The molecule has 0 aliphatic rings. The molecule has 0 aliphatic heterocycles. The Morgan fingerprint density at radius 3 is 2.47 bits per heavy atom. The number of hydrogen-bond acceptors (Lipinski definition) is 2. The van der Waals surface area contributed by atoms with Crippen LogP contribution in [0, 0.1) is 19.7 Å². The predicted octanol–water partition coefficient (Wildman–Crippen LogP) is 3.33. The van der Waals surface area contributed by atoms with Crippen molar-refractivity contribution in [3.63, 3.8) is 0 Å². The first-order valence-electron chi connectivity index (χ1n) is 5.97. The standard InChI is InChI=1S/C15H16FNOS/c1-10-3-6-14(7-11(10)2)19(18)9-12-4-5-13(17)8-15(12)16/h3-8H,9,17H2,1-2H3. The van der Waals surface area contributed by atoms with Crippen molar-refractivity contribution >= 4 is 16.5 Å². The molecule has 4 heteroatoms. The normalized spacial score (nSPS) is 12.4. The van der Waals surface area contributed by atoms with Crippen LogP contribution in [0.1, 0.15) is 16.7 Å². The van der Waals surface area contributed by atoms with Gasteiger partial charge in [0.15, 0.2) is 0 Å². The van der Waals surface area contributed by atoms with Gasteiger partial charge in [0.2, 0.25) is 0 Å². The fourth-order valence-corrected chi connectivity index (χ4v) is 2.97. The summed E-state index contributed by atoms with van der Waals surface area (Å²) in [6, 6.07) is 10.1. The molecule has 0 fully saturated rings. The number of anilines is 1. The zero-order valence-corrected chi connectivity index (χ0v) is 11.8. The third-order valence-corrected chi connectivity index (χ3v) is 4.46. The van der Waals surface area contributed by atoms with Crippen LogP contribution >= 0.6 is 0 Å². The van der Waals surface area contributed by atoms with Gasteiger partial charge in [-0.3, -0.25) is 4.21 Å². The molecule has 2 aromatic rings. The zero-order valence-electron chi connectivity index (χ0n) is 10.9. The predicted molar refractivity (Wildman–Crippen MR) is 76.8 cm³/mol. The average molecular weight is 277 g/mol. The van der Waals surface area contributed by atoms with E-state index >= 15 is 0 Å². The van der Waals surface area contributed by atoms with Gasteiger partial charge in [0.1, 0.15) is 5.82 Å². The molecule has 2 N–H and O–H groups in total. The molecule has 0 saturated heterocycles. The van der Waals surface area contributed by atoms with Gasteiger partial charge in [-0.25, -0.2) is 4.39 Å². The van der Waals surface area contributed by atoms with E-state index in [1.165, 1.54) is 6.07 Å². The Morgan fingerprint density at radius 2 is 1.84 bits per heavy atom. The van der Waals surface area contributed by atoms with Gasteiger partial charge in [-0.2, -0.15) is 0 Å². The molecular formula is C15H16FNOS. The van der Waals surface area contributed by atoms with Crippen molar-refractivity contribution in [1.29, 1.82) is 0 Å². The molecule has 2 rings (SSSR count). The van der Waals surface area contributed by atoms with Gasteiger partial charge in [-0.15, -0.1) is 0 Å². The minimum Gasteiger partial charge on any atom is -0.399 e. The van der Waals surface area contributed by atoms with E-state index in [4.69, 9.17) is 5.73 Å². The van der Waals surface area contributed by atoms with Crippen molar-refractivity contribution in [1.82, 2.24) is 0 Å². The second-order valence-corrected chi connectivity index (χ2v) is 6.04. The van der Waals surface area contributed by atoms with Crippen LogP contribution in [0.15, 0.2) is 41.3 Å². The van der Waals surface area contributed by atoms with Gasteiger partial charge in [-0.1, -0.05) is 12.1 Å². The highest BCUT2D eigenvalue weighted by atomic mass is 32.2. The van der Waals surface area contributed by atoms with Gasteiger partial charge < -0.3 is 5.73 Å². The van der Waals surface area contributed by atoms with Gasteiger partial charge in [0.25, 0.3) is 0 Å². The molecule has 1 unspecified atom stereocenters.